The van der Waals surface area contributed by atoms with E-state index in [1.54, 1.807) is 29.2 Å². The van der Waals surface area contributed by atoms with Gasteiger partial charge < -0.3 is 4.90 Å². The number of aryl methyl sites for hydroxylation is 1. The predicted molar refractivity (Wildman–Crippen MR) is 96.8 cm³/mol. The van der Waals surface area contributed by atoms with Crippen molar-refractivity contribution in [2.24, 2.45) is 0 Å². The molecular formula is C21H20N2O3. The minimum atomic E-state index is -0.247. The molecule has 0 saturated carbocycles. The molecule has 0 aromatic heterocycles. The molecule has 3 amide bonds. The Bertz CT molecular complexity index is 871. The third-order valence-electron chi connectivity index (χ3n) is 5.31. The van der Waals surface area contributed by atoms with Crippen molar-refractivity contribution in [3.63, 3.8) is 0 Å². The smallest absolute Gasteiger partial charge is 0.261 e. The van der Waals surface area contributed by atoms with Gasteiger partial charge in [-0.05, 0) is 36.6 Å². The Morgan fingerprint density at radius 3 is 2.27 bits per heavy atom. The van der Waals surface area contributed by atoms with Crippen LogP contribution in [0.25, 0.3) is 0 Å². The summed E-state index contributed by atoms with van der Waals surface area (Å²) in [5, 5.41) is 0. The monoisotopic (exact) mass is 348 g/mol. The number of nitrogens with zero attached hydrogens (tertiary/aromatic N) is 2. The van der Waals surface area contributed by atoms with Gasteiger partial charge in [-0.1, -0.05) is 36.4 Å². The summed E-state index contributed by atoms with van der Waals surface area (Å²) in [4.78, 5) is 41.0. The van der Waals surface area contributed by atoms with Crippen molar-refractivity contribution in [2.45, 2.75) is 25.8 Å². The maximum atomic E-state index is 12.6. The van der Waals surface area contributed by atoms with Crippen LogP contribution in [0.3, 0.4) is 0 Å². The highest BCUT2D eigenvalue weighted by Crippen LogP contribution is 2.28. The van der Waals surface area contributed by atoms with Crippen molar-refractivity contribution >= 4 is 17.7 Å². The number of likely N-dealkylation sites (tertiary alicyclic amines) is 1. The van der Waals surface area contributed by atoms with E-state index in [1.807, 2.05) is 31.2 Å². The molecule has 26 heavy (non-hydrogen) atoms. The van der Waals surface area contributed by atoms with Crippen molar-refractivity contribution < 1.29 is 14.4 Å². The molecule has 1 unspecified atom stereocenters. The molecule has 2 aromatic rings. The number of benzene rings is 2. The van der Waals surface area contributed by atoms with E-state index in [1.165, 1.54) is 4.90 Å². The molecule has 5 heteroatoms. The number of carbonyl (C=O) groups excluding carboxylic acids is 3. The van der Waals surface area contributed by atoms with Gasteiger partial charge in [0, 0.05) is 13.1 Å². The molecule has 132 valence electrons. The van der Waals surface area contributed by atoms with E-state index in [-0.39, 0.29) is 23.8 Å². The summed E-state index contributed by atoms with van der Waals surface area (Å²) in [6, 6.07) is 14.5. The number of amides is 3. The topological polar surface area (TPSA) is 57.7 Å². The summed E-state index contributed by atoms with van der Waals surface area (Å²) >= 11 is 0. The van der Waals surface area contributed by atoms with Gasteiger partial charge in [-0.15, -0.1) is 0 Å². The highest BCUT2D eigenvalue weighted by atomic mass is 16.2. The lowest BCUT2D eigenvalue weighted by atomic mass is 10.1. The third kappa shape index (κ3) is 2.69. The molecule has 1 fully saturated rings. The van der Waals surface area contributed by atoms with Crippen LogP contribution in [0.1, 0.15) is 38.3 Å². The quantitative estimate of drug-likeness (QED) is 0.801. The summed E-state index contributed by atoms with van der Waals surface area (Å²) in [7, 11) is 0. The predicted octanol–water partition coefficient (Wildman–Crippen LogP) is 2.43. The van der Waals surface area contributed by atoms with Gasteiger partial charge in [0.05, 0.1) is 23.6 Å². The molecule has 0 spiro atoms. The van der Waals surface area contributed by atoms with Gasteiger partial charge in [-0.3, -0.25) is 19.3 Å². The molecular weight excluding hydrogens is 328 g/mol. The second kappa shape index (κ2) is 6.41. The standard InChI is InChI=1S/C21H20N2O3/c1-14-6-2-3-7-15(14)12-19(24)22-11-10-16(13-22)23-20(25)17-8-4-5-9-18(17)21(23)26/h2-9,16H,10-13H2,1H3. The van der Waals surface area contributed by atoms with Crippen LogP contribution in [0.2, 0.25) is 0 Å². The van der Waals surface area contributed by atoms with Crippen molar-refractivity contribution in [3.8, 4) is 0 Å². The highest BCUT2D eigenvalue weighted by molar-refractivity contribution is 6.21. The lowest BCUT2D eigenvalue weighted by Crippen LogP contribution is -2.42. The minimum absolute atomic E-state index is 0.0402. The first-order chi connectivity index (χ1) is 12.6. The van der Waals surface area contributed by atoms with E-state index >= 15 is 0 Å². The van der Waals surface area contributed by atoms with Crippen molar-refractivity contribution in [2.75, 3.05) is 13.1 Å². The van der Waals surface area contributed by atoms with Crippen molar-refractivity contribution in [1.29, 1.82) is 0 Å². The number of hydrogen-bond acceptors (Lipinski definition) is 3. The lowest BCUT2D eigenvalue weighted by molar-refractivity contribution is -0.129. The van der Waals surface area contributed by atoms with Gasteiger partial charge in [-0.2, -0.15) is 0 Å². The second-order valence-electron chi connectivity index (χ2n) is 6.91. The molecule has 1 atom stereocenters. The molecule has 1 saturated heterocycles. The van der Waals surface area contributed by atoms with Crippen LogP contribution in [0.15, 0.2) is 48.5 Å². The van der Waals surface area contributed by atoms with Crippen molar-refractivity contribution in [3.05, 3.63) is 70.8 Å². The average Bonchev–Trinajstić information content (AvgIpc) is 3.21. The number of hydrogen-bond donors (Lipinski definition) is 0. The summed E-state index contributed by atoms with van der Waals surface area (Å²) < 4.78 is 0. The van der Waals surface area contributed by atoms with Crippen LogP contribution in [0.4, 0.5) is 0 Å². The number of imide groups is 1. The normalized spacial score (nSPS) is 19.2. The molecule has 0 aliphatic carbocycles. The summed E-state index contributed by atoms with van der Waals surface area (Å²) in [5.41, 5.74) is 3.03. The fourth-order valence-corrected chi connectivity index (χ4v) is 3.80. The largest absolute Gasteiger partial charge is 0.340 e. The van der Waals surface area contributed by atoms with Gasteiger partial charge in [0.1, 0.15) is 0 Å². The second-order valence-corrected chi connectivity index (χ2v) is 6.91. The average molecular weight is 348 g/mol. The number of carbonyl (C=O) groups is 3. The number of rotatable bonds is 3. The zero-order chi connectivity index (χ0) is 18.3. The first-order valence-electron chi connectivity index (χ1n) is 8.85. The Labute approximate surface area is 152 Å². The third-order valence-corrected chi connectivity index (χ3v) is 5.31. The molecule has 0 N–H and O–H groups in total. The Hall–Kier alpha value is -2.95. The molecule has 2 heterocycles. The maximum Gasteiger partial charge on any atom is 0.261 e. The zero-order valence-electron chi connectivity index (χ0n) is 14.6. The number of fused-ring (bicyclic) bond motifs is 1. The minimum Gasteiger partial charge on any atom is -0.340 e. The Morgan fingerprint density at radius 2 is 1.62 bits per heavy atom. The summed E-state index contributed by atoms with van der Waals surface area (Å²) in [6.45, 7) is 2.98. The van der Waals surface area contributed by atoms with Gasteiger partial charge in [-0.25, -0.2) is 0 Å². The molecule has 5 nitrogen and oxygen atoms in total. The maximum absolute atomic E-state index is 12.6. The Balaban J connectivity index is 1.46. The molecule has 2 aliphatic rings. The van der Waals surface area contributed by atoms with Crippen molar-refractivity contribution in [1.82, 2.24) is 9.80 Å². The molecule has 2 aromatic carbocycles. The van der Waals surface area contributed by atoms with Crippen LogP contribution >= 0.6 is 0 Å². The first-order valence-corrected chi connectivity index (χ1v) is 8.85. The van der Waals surface area contributed by atoms with Gasteiger partial charge in [0.25, 0.3) is 11.8 Å². The zero-order valence-corrected chi connectivity index (χ0v) is 14.6. The highest BCUT2D eigenvalue weighted by Gasteiger charge is 2.42. The Kier molecular flexibility index (Phi) is 4.07. The molecule has 0 radical (unpaired) electrons. The van der Waals surface area contributed by atoms with E-state index in [0.717, 1.165) is 11.1 Å². The first kappa shape index (κ1) is 16.5. The van der Waals surface area contributed by atoms with E-state index in [0.29, 0.717) is 37.1 Å². The van der Waals surface area contributed by atoms with Gasteiger partial charge >= 0.3 is 0 Å². The fraction of sp³-hybridized carbons (Fsp3) is 0.286. The Morgan fingerprint density at radius 1 is 1.00 bits per heavy atom. The van der Waals surface area contributed by atoms with Crippen LogP contribution in [0, 0.1) is 6.92 Å². The van der Waals surface area contributed by atoms with Crippen LogP contribution < -0.4 is 0 Å². The van der Waals surface area contributed by atoms with E-state index in [4.69, 9.17) is 0 Å². The van der Waals surface area contributed by atoms with Crippen LogP contribution in [-0.2, 0) is 11.2 Å². The molecule has 2 aliphatic heterocycles. The SMILES string of the molecule is Cc1ccccc1CC(=O)N1CCC(N2C(=O)c3ccccc3C2=O)C1. The van der Waals surface area contributed by atoms with E-state index in [9.17, 15) is 14.4 Å². The van der Waals surface area contributed by atoms with Gasteiger partial charge in [0.2, 0.25) is 5.91 Å². The molecule has 0 bridgehead atoms. The van der Waals surface area contributed by atoms with Gasteiger partial charge in [0.15, 0.2) is 0 Å². The van der Waals surface area contributed by atoms with E-state index < -0.39 is 0 Å². The lowest BCUT2D eigenvalue weighted by Gasteiger charge is -2.23. The fourth-order valence-electron chi connectivity index (χ4n) is 3.80. The van der Waals surface area contributed by atoms with Crippen LogP contribution in [0.5, 0.6) is 0 Å². The molecule has 4 rings (SSSR count). The van der Waals surface area contributed by atoms with Crippen LogP contribution in [-0.4, -0.2) is 46.7 Å². The van der Waals surface area contributed by atoms with E-state index in [2.05, 4.69) is 0 Å². The summed E-state index contributed by atoms with van der Waals surface area (Å²) in [6.07, 6.45) is 0.979. The summed E-state index contributed by atoms with van der Waals surface area (Å²) in [5.74, 6) is -0.453.